The van der Waals surface area contributed by atoms with Crippen molar-refractivity contribution in [2.45, 2.75) is 32.7 Å². The molecule has 1 aliphatic heterocycles. The minimum Gasteiger partial charge on any atom is -0.478 e. The molecule has 1 N–H and O–H groups in total. The Labute approximate surface area is 123 Å². The Balaban J connectivity index is 1.90. The summed E-state index contributed by atoms with van der Waals surface area (Å²) < 4.78 is 10.7. The maximum Gasteiger partial charge on any atom is 0.339 e. The van der Waals surface area contributed by atoms with Crippen molar-refractivity contribution in [3.63, 3.8) is 0 Å². The van der Waals surface area contributed by atoms with Crippen molar-refractivity contribution in [2.75, 3.05) is 20.3 Å². The van der Waals surface area contributed by atoms with E-state index in [0.717, 1.165) is 26.1 Å². The molecule has 2 heterocycles. The number of aryl methyl sites for hydroxylation is 1. The molecule has 6 nitrogen and oxygen atoms in total. The van der Waals surface area contributed by atoms with Gasteiger partial charge in [-0.15, -0.1) is 0 Å². The van der Waals surface area contributed by atoms with Crippen molar-refractivity contribution in [1.82, 2.24) is 4.90 Å². The van der Waals surface area contributed by atoms with Crippen LogP contribution in [-0.4, -0.2) is 42.1 Å². The van der Waals surface area contributed by atoms with Crippen molar-refractivity contribution in [1.29, 1.82) is 0 Å². The van der Waals surface area contributed by atoms with Gasteiger partial charge in [-0.1, -0.05) is 0 Å². The first-order valence-corrected chi connectivity index (χ1v) is 7.11. The second kappa shape index (κ2) is 6.76. The van der Waals surface area contributed by atoms with Crippen LogP contribution < -0.4 is 0 Å². The molecule has 1 amide bonds. The van der Waals surface area contributed by atoms with E-state index in [9.17, 15) is 9.59 Å². The number of carbonyl (C=O) groups excluding carboxylic acids is 1. The quantitative estimate of drug-likeness (QED) is 0.899. The highest BCUT2D eigenvalue weighted by Crippen LogP contribution is 2.21. The molecular weight excluding hydrogens is 274 g/mol. The molecular formula is C15H21NO5. The van der Waals surface area contributed by atoms with Gasteiger partial charge in [0.15, 0.2) is 0 Å². The van der Waals surface area contributed by atoms with Crippen molar-refractivity contribution < 1.29 is 23.8 Å². The van der Waals surface area contributed by atoms with Gasteiger partial charge < -0.3 is 19.2 Å². The summed E-state index contributed by atoms with van der Waals surface area (Å²) in [5, 5.41) is 8.99. The van der Waals surface area contributed by atoms with Crippen LogP contribution >= 0.6 is 0 Å². The largest absolute Gasteiger partial charge is 0.478 e. The Kier molecular flexibility index (Phi) is 5.01. The zero-order chi connectivity index (χ0) is 15.4. The number of rotatable bonds is 5. The number of carboxylic acid groups (broad SMARTS) is 1. The Morgan fingerprint density at radius 1 is 1.38 bits per heavy atom. The number of hydrogen-bond donors (Lipinski definition) is 1. The summed E-state index contributed by atoms with van der Waals surface area (Å²) in [6, 6.07) is 1.48. The molecule has 0 bridgehead atoms. The fourth-order valence-corrected chi connectivity index (χ4v) is 2.51. The van der Waals surface area contributed by atoms with Gasteiger partial charge in [0.05, 0.1) is 6.54 Å². The summed E-state index contributed by atoms with van der Waals surface area (Å²) in [5.41, 5.74) is 0.148. The van der Waals surface area contributed by atoms with Crippen LogP contribution in [0.3, 0.4) is 0 Å². The summed E-state index contributed by atoms with van der Waals surface area (Å²) in [5.74, 6) is 0.267. The molecule has 116 valence electrons. The summed E-state index contributed by atoms with van der Waals surface area (Å²) in [6.45, 7) is 3.34. The van der Waals surface area contributed by atoms with E-state index in [1.807, 2.05) is 0 Å². The van der Waals surface area contributed by atoms with Crippen molar-refractivity contribution in [3.8, 4) is 0 Å². The number of carbonyl (C=O) groups is 2. The fraction of sp³-hybridized carbons (Fsp3) is 0.600. The van der Waals surface area contributed by atoms with Gasteiger partial charge in [-0.3, -0.25) is 4.79 Å². The van der Waals surface area contributed by atoms with Gasteiger partial charge in [0.1, 0.15) is 17.1 Å². The smallest absolute Gasteiger partial charge is 0.339 e. The highest BCUT2D eigenvalue weighted by atomic mass is 16.5. The average Bonchev–Trinajstić information content (AvgIpc) is 2.80. The molecule has 0 saturated carbocycles. The number of ether oxygens (including phenoxy) is 1. The van der Waals surface area contributed by atoms with E-state index >= 15 is 0 Å². The van der Waals surface area contributed by atoms with Crippen LogP contribution in [0.25, 0.3) is 0 Å². The van der Waals surface area contributed by atoms with Crippen LogP contribution in [-0.2, 0) is 16.1 Å². The standard InChI is InChI=1S/C15H21NO5/c1-10-13(15(18)19)8-12(21-10)9-16(2)14(17)7-11-3-5-20-6-4-11/h8,11H,3-7,9H2,1-2H3,(H,18,19). The Bertz CT molecular complexity index is 516. The van der Waals surface area contributed by atoms with E-state index in [4.69, 9.17) is 14.3 Å². The van der Waals surface area contributed by atoms with Gasteiger partial charge >= 0.3 is 5.97 Å². The summed E-state index contributed by atoms with van der Waals surface area (Å²) >= 11 is 0. The van der Waals surface area contributed by atoms with Crippen LogP contribution in [0.2, 0.25) is 0 Å². The van der Waals surface area contributed by atoms with Gasteiger partial charge in [-0.05, 0) is 31.7 Å². The van der Waals surface area contributed by atoms with E-state index in [1.54, 1.807) is 18.9 Å². The highest BCUT2D eigenvalue weighted by Gasteiger charge is 2.21. The third-order valence-corrected chi connectivity index (χ3v) is 3.82. The second-order valence-corrected chi connectivity index (χ2v) is 5.50. The molecule has 0 aliphatic carbocycles. The molecule has 1 fully saturated rings. The maximum absolute atomic E-state index is 12.2. The maximum atomic E-state index is 12.2. The minimum absolute atomic E-state index is 0.0489. The molecule has 1 aliphatic rings. The van der Waals surface area contributed by atoms with E-state index in [1.165, 1.54) is 6.07 Å². The van der Waals surface area contributed by atoms with Crippen molar-refractivity contribution in [3.05, 3.63) is 23.2 Å². The first kappa shape index (κ1) is 15.6. The molecule has 21 heavy (non-hydrogen) atoms. The number of furan rings is 1. The average molecular weight is 295 g/mol. The first-order valence-electron chi connectivity index (χ1n) is 7.11. The Morgan fingerprint density at radius 2 is 2.05 bits per heavy atom. The van der Waals surface area contributed by atoms with E-state index in [2.05, 4.69) is 0 Å². The van der Waals surface area contributed by atoms with E-state index in [0.29, 0.717) is 23.9 Å². The summed E-state index contributed by atoms with van der Waals surface area (Å²) in [6.07, 6.45) is 2.34. The number of hydrogen-bond acceptors (Lipinski definition) is 4. The van der Waals surface area contributed by atoms with Gasteiger partial charge in [0.2, 0.25) is 5.91 Å². The highest BCUT2D eigenvalue weighted by molar-refractivity contribution is 5.88. The third-order valence-electron chi connectivity index (χ3n) is 3.82. The summed E-state index contributed by atoms with van der Waals surface area (Å²) in [7, 11) is 1.71. The molecule has 1 aromatic rings. The van der Waals surface area contributed by atoms with Crippen LogP contribution in [0.5, 0.6) is 0 Å². The summed E-state index contributed by atoms with van der Waals surface area (Å²) in [4.78, 5) is 24.7. The van der Waals surface area contributed by atoms with Crippen LogP contribution in [0, 0.1) is 12.8 Å². The van der Waals surface area contributed by atoms with Crippen molar-refractivity contribution >= 4 is 11.9 Å². The molecule has 0 aromatic carbocycles. The van der Waals surface area contributed by atoms with Crippen LogP contribution in [0.15, 0.2) is 10.5 Å². The lowest BCUT2D eigenvalue weighted by Gasteiger charge is -2.24. The Hall–Kier alpha value is -1.82. The molecule has 0 radical (unpaired) electrons. The lowest BCUT2D eigenvalue weighted by Crippen LogP contribution is -2.29. The molecule has 0 spiro atoms. The third kappa shape index (κ3) is 4.07. The fourth-order valence-electron chi connectivity index (χ4n) is 2.51. The second-order valence-electron chi connectivity index (χ2n) is 5.50. The van der Waals surface area contributed by atoms with E-state index in [-0.39, 0.29) is 18.0 Å². The zero-order valence-electron chi connectivity index (χ0n) is 12.4. The molecule has 0 unspecified atom stereocenters. The van der Waals surface area contributed by atoms with Gasteiger partial charge in [0.25, 0.3) is 0 Å². The predicted molar refractivity (Wildman–Crippen MR) is 75.0 cm³/mol. The SMILES string of the molecule is Cc1oc(CN(C)C(=O)CC2CCOCC2)cc1C(=O)O. The lowest BCUT2D eigenvalue weighted by molar-refractivity contribution is -0.132. The predicted octanol–water partition coefficient (Wildman–Crippen LogP) is 2.06. The van der Waals surface area contributed by atoms with Crippen LogP contribution in [0.1, 0.15) is 41.1 Å². The Morgan fingerprint density at radius 3 is 2.62 bits per heavy atom. The van der Waals surface area contributed by atoms with Gasteiger partial charge in [0, 0.05) is 26.7 Å². The normalized spacial score (nSPS) is 15.9. The number of amides is 1. The van der Waals surface area contributed by atoms with Gasteiger partial charge in [-0.25, -0.2) is 4.79 Å². The number of carboxylic acids is 1. The van der Waals surface area contributed by atoms with Crippen LogP contribution in [0.4, 0.5) is 0 Å². The first-order chi connectivity index (χ1) is 9.97. The van der Waals surface area contributed by atoms with Crippen molar-refractivity contribution in [2.24, 2.45) is 5.92 Å². The molecule has 0 atom stereocenters. The molecule has 6 heteroatoms. The molecule has 1 aromatic heterocycles. The minimum atomic E-state index is -1.02. The van der Waals surface area contributed by atoms with Gasteiger partial charge in [-0.2, -0.15) is 0 Å². The topological polar surface area (TPSA) is 80.0 Å². The monoisotopic (exact) mass is 295 g/mol. The number of aromatic carboxylic acids is 1. The zero-order valence-corrected chi connectivity index (χ0v) is 12.4. The lowest BCUT2D eigenvalue weighted by atomic mass is 9.96. The number of nitrogens with zero attached hydrogens (tertiary/aromatic N) is 1. The molecule has 1 saturated heterocycles. The molecule has 2 rings (SSSR count). The van der Waals surface area contributed by atoms with E-state index < -0.39 is 5.97 Å².